The summed E-state index contributed by atoms with van der Waals surface area (Å²) in [7, 11) is 1.28. The van der Waals surface area contributed by atoms with Crippen molar-refractivity contribution in [2.24, 2.45) is 5.92 Å². The van der Waals surface area contributed by atoms with E-state index in [9.17, 15) is 14.4 Å². The zero-order valence-corrected chi connectivity index (χ0v) is 11.9. The second-order valence-corrected chi connectivity index (χ2v) is 5.11. The minimum atomic E-state index is -0.792. The normalized spacial score (nSPS) is 19.7. The predicted octanol–water partition coefficient (Wildman–Crippen LogP) is 1.11. The first-order valence-corrected chi connectivity index (χ1v) is 6.92. The van der Waals surface area contributed by atoms with E-state index < -0.39 is 12.0 Å². The summed E-state index contributed by atoms with van der Waals surface area (Å²) in [6.45, 7) is 0. The molecule has 2 atom stereocenters. The molecule has 0 aliphatic heterocycles. The van der Waals surface area contributed by atoms with Crippen molar-refractivity contribution in [3.8, 4) is 0 Å². The smallest absolute Gasteiger partial charge is 0.328 e. The third-order valence-corrected chi connectivity index (χ3v) is 3.68. The van der Waals surface area contributed by atoms with Gasteiger partial charge in [-0.3, -0.25) is 14.6 Å². The molecule has 0 unspecified atom stereocenters. The van der Waals surface area contributed by atoms with Crippen LogP contribution >= 0.6 is 0 Å². The lowest BCUT2D eigenvalue weighted by Gasteiger charge is -2.28. The van der Waals surface area contributed by atoms with E-state index in [0.29, 0.717) is 18.4 Å². The van der Waals surface area contributed by atoms with Gasteiger partial charge in [-0.25, -0.2) is 4.79 Å². The highest BCUT2D eigenvalue weighted by Gasteiger charge is 2.34. The van der Waals surface area contributed by atoms with Crippen LogP contribution in [0.1, 0.15) is 36.0 Å². The van der Waals surface area contributed by atoms with E-state index >= 15 is 0 Å². The molecule has 1 fully saturated rings. The van der Waals surface area contributed by atoms with Crippen LogP contribution in [-0.4, -0.2) is 35.8 Å². The van der Waals surface area contributed by atoms with Crippen molar-refractivity contribution >= 4 is 17.7 Å². The van der Waals surface area contributed by atoms with Crippen molar-refractivity contribution < 1.29 is 19.1 Å². The first kappa shape index (κ1) is 15.2. The highest BCUT2D eigenvalue weighted by molar-refractivity contribution is 5.96. The largest absolute Gasteiger partial charge is 0.467 e. The van der Waals surface area contributed by atoms with Crippen LogP contribution in [-0.2, 0) is 14.3 Å². The summed E-state index contributed by atoms with van der Waals surface area (Å²) >= 11 is 0. The Balaban J connectivity index is 2.11. The molecule has 1 aliphatic carbocycles. The maximum Gasteiger partial charge on any atom is 0.328 e. The lowest BCUT2D eigenvalue weighted by molar-refractivity contribution is -0.145. The molecule has 1 amide bonds. The molecule has 6 heteroatoms. The minimum Gasteiger partial charge on any atom is -0.467 e. The summed E-state index contributed by atoms with van der Waals surface area (Å²) < 4.78 is 4.76. The van der Waals surface area contributed by atoms with Crippen molar-refractivity contribution in [2.45, 2.75) is 31.7 Å². The molecule has 0 aromatic carbocycles. The fraction of sp³-hybridized carbons (Fsp3) is 0.467. The summed E-state index contributed by atoms with van der Waals surface area (Å²) in [5.41, 5.74) is 0.418. The first-order chi connectivity index (χ1) is 10.1. The molecule has 1 saturated carbocycles. The number of pyridine rings is 1. The van der Waals surface area contributed by atoms with Gasteiger partial charge in [0.1, 0.15) is 11.8 Å². The average molecular weight is 290 g/mol. The third-order valence-electron chi connectivity index (χ3n) is 3.68. The van der Waals surface area contributed by atoms with Gasteiger partial charge in [0.05, 0.1) is 7.11 Å². The van der Waals surface area contributed by atoms with E-state index in [1.807, 2.05) is 0 Å². The number of ketones is 1. The number of nitrogens with zero attached hydrogens (tertiary/aromatic N) is 1. The van der Waals surface area contributed by atoms with Gasteiger partial charge in [0.25, 0.3) is 5.91 Å². The number of nitrogens with one attached hydrogen (secondary N) is 1. The van der Waals surface area contributed by atoms with Gasteiger partial charge in [-0.15, -0.1) is 0 Å². The predicted molar refractivity (Wildman–Crippen MR) is 74.5 cm³/mol. The topological polar surface area (TPSA) is 85.4 Å². The number of carbonyl (C=O) groups excluding carboxylic acids is 3. The van der Waals surface area contributed by atoms with Gasteiger partial charge in [0.2, 0.25) is 0 Å². The quantitative estimate of drug-likeness (QED) is 0.840. The molecule has 2 rings (SSSR count). The number of aromatic nitrogens is 1. The summed E-state index contributed by atoms with van der Waals surface area (Å²) in [5, 5.41) is 2.68. The first-order valence-electron chi connectivity index (χ1n) is 6.92. The Labute approximate surface area is 122 Å². The van der Waals surface area contributed by atoms with E-state index in [-0.39, 0.29) is 17.6 Å². The third kappa shape index (κ3) is 3.87. The molecule has 1 aromatic rings. The van der Waals surface area contributed by atoms with Crippen LogP contribution in [0.3, 0.4) is 0 Å². The number of ether oxygens (including phenoxy) is 1. The Bertz CT molecular complexity index is 530. The molecule has 0 radical (unpaired) electrons. The van der Waals surface area contributed by atoms with Gasteiger partial charge >= 0.3 is 5.97 Å². The molecular weight excluding hydrogens is 272 g/mol. The zero-order valence-electron chi connectivity index (χ0n) is 11.9. The van der Waals surface area contributed by atoms with Crippen LogP contribution in [0.5, 0.6) is 0 Å². The van der Waals surface area contributed by atoms with Crippen LogP contribution in [0.2, 0.25) is 0 Å². The van der Waals surface area contributed by atoms with E-state index in [2.05, 4.69) is 10.3 Å². The molecule has 1 aromatic heterocycles. The molecular formula is C15H18N2O4. The number of rotatable bonds is 4. The van der Waals surface area contributed by atoms with E-state index in [1.165, 1.54) is 19.5 Å². The maximum absolute atomic E-state index is 12.2. The van der Waals surface area contributed by atoms with E-state index in [0.717, 1.165) is 12.8 Å². The van der Waals surface area contributed by atoms with Gasteiger partial charge in [-0.1, -0.05) is 0 Å². The van der Waals surface area contributed by atoms with Crippen molar-refractivity contribution in [2.75, 3.05) is 7.11 Å². The Morgan fingerprint density at radius 3 is 2.71 bits per heavy atom. The van der Waals surface area contributed by atoms with Gasteiger partial charge in [0, 0.05) is 30.8 Å². The molecule has 0 bridgehead atoms. The molecule has 1 N–H and O–H groups in total. The second kappa shape index (κ2) is 6.97. The Morgan fingerprint density at radius 1 is 1.38 bits per heavy atom. The molecule has 1 aliphatic rings. The van der Waals surface area contributed by atoms with Crippen LogP contribution in [0, 0.1) is 5.92 Å². The summed E-state index contributed by atoms with van der Waals surface area (Å²) in [5.74, 6) is -0.967. The number of esters is 1. The van der Waals surface area contributed by atoms with E-state index in [4.69, 9.17) is 4.74 Å². The average Bonchev–Trinajstić information content (AvgIpc) is 2.52. The summed E-state index contributed by atoms with van der Waals surface area (Å²) in [6, 6.07) is 2.34. The fourth-order valence-electron chi connectivity index (χ4n) is 2.57. The Kier molecular flexibility index (Phi) is 5.03. The van der Waals surface area contributed by atoms with Crippen molar-refractivity contribution in [1.29, 1.82) is 0 Å². The number of hydrogen-bond donors (Lipinski definition) is 1. The van der Waals surface area contributed by atoms with Gasteiger partial charge in [-0.2, -0.15) is 0 Å². The van der Waals surface area contributed by atoms with Crippen molar-refractivity contribution in [3.63, 3.8) is 0 Å². The molecule has 1 heterocycles. The Hall–Kier alpha value is -2.24. The van der Waals surface area contributed by atoms with Gasteiger partial charge in [-0.05, 0) is 30.9 Å². The number of Topliss-reactive ketones (excluding diaryl/α,β-unsaturated/α-hetero) is 1. The van der Waals surface area contributed by atoms with Crippen LogP contribution in [0.15, 0.2) is 24.5 Å². The number of carbonyl (C=O) groups is 3. The highest BCUT2D eigenvalue weighted by Crippen LogP contribution is 2.25. The molecule has 21 heavy (non-hydrogen) atoms. The van der Waals surface area contributed by atoms with Gasteiger partial charge < -0.3 is 10.1 Å². The van der Waals surface area contributed by atoms with Crippen LogP contribution in [0.25, 0.3) is 0 Å². The molecule has 0 spiro atoms. The van der Waals surface area contributed by atoms with Crippen molar-refractivity contribution in [3.05, 3.63) is 30.1 Å². The fourth-order valence-corrected chi connectivity index (χ4v) is 2.57. The Morgan fingerprint density at radius 2 is 2.10 bits per heavy atom. The molecule has 0 saturated heterocycles. The van der Waals surface area contributed by atoms with Gasteiger partial charge in [0.15, 0.2) is 0 Å². The molecule has 6 nitrogen and oxygen atoms in total. The summed E-state index contributed by atoms with van der Waals surface area (Å²) in [4.78, 5) is 39.5. The SMILES string of the molecule is COC(=O)[C@H](NC(=O)c1ccncc1)[C@@H]1CCCC(=O)C1. The zero-order chi connectivity index (χ0) is 15.2. The van der Waals surface area contributed by atoms with Crippen molar-refractivity contribution in [1.82, 2.24) is 10.3 Å². The molecule has 112 valence electrons. The van der Waals surface area contributed by atoms with Crippen LogP contribution < -0.4 is 5.32 Å². The lowest BCUT2D eigenvalue weighted by atomic mass is 9.83. The number of hydrogen-bond acceptors (Lipinski definition) is 5. The number of amides is 1. The lowest BCUT2D eigenvalue weighted by Crippen LogP contribution is -2.48. The second-order valence-electron chi connectivity index (χ2n) is 5.11. The highest BCUT2D eigenvalue weighted by atomic mass is 16.5. The minimum absolute atomic E-state index is 0.123. The maximum atomic E-state index is 12.2. The van der Waals surface area contributed by atoms with E-state index in [1.54, 1.807) is 12.1 Å². The van der Waals surface area contributed by atoms with Crippen LogP contribution in [0.4, 0.5) is 0 Å². The number of methoxy groups -OCH3 is 1. The monoisotopic (exact) mass is 290 g/mol. The standard InChI is InChI=1S/C15H18N2O4/c1-21-15(20)13(11-3-2-4-12(18)9-11)17-14(19)10-5-7-16-8-6-10/h5-8,11,13H,2-4,9H2,1H3,(H,17,19)/t11-,13-/m1/s1. The summed E-state index contributed by atoms with van der Waals surface area (Å²) in [6.07, 6.45) is 5.32.